The fourth-order valence-corrected chi connectivity index (χ4v) is 2.16. The number of hydrazine groups is 1. The number of alkyl carbamates (subject to hydrolysis) is 1. The minimum absolute atomic E-state index is 0.0966. The quantitative estimate of drug-likeness (QED) is 0.533. The topological polar surface area (TPSA) is 123 Å². The summed E-state index contributed by atoms with van der Waals surface area (Å²) in [6, 6.07) is 17.6. The molecule has 0 bridgehead atoms. The lowest BCUT2D eigenvalue weighted by atomic mass is 10.1. The molecule has 0 saturated carbocycles. The van der Waals surface area contributed by atoms with Crippen molar-refractivity contribution in [1.82, 2.24) is 16.2 Å². The maximum atomic E-state index is 11.9. The van der Waals surface area contributed by atoms with E-state index >= 15 is 0 Å². The molecule has 0 aliphatic heterocycles. The van der Waals surface area contributed by atoms with Gasteiger partial charge in [0, 0.05) is 0 Å². The Morgan fingerprint density at radius 1 is 0.889 bits per heavy atom. The van der Waals surface area contributed by atoms with Crippen LogP contribution < -0.4 is 21.9 Å². The van der Waals surface area contributed by atoms with Crippen LogP contribution in [-0.2, 0) is 27.4 Å². The molecule has 0 heterocycles. The van der Waals surface area contributed by atoms with Crippen molar-refractivity contribution in [2.45, 2.75) is 19.1 Å². The standard InChI is InChI=1S/C19H22N4O4/c20-16(11-14-7-3-1-4-8-14)18(25)23-22-17(24)12-21-19(26)27-13-15-9-5-2-6-10-15/h1-10,16H,11-13,20H2,(H,21,26)(H,22,24)(H,23,25)/t16-/m0/s1. The lowest BCUT2D eigenvalue weighted by Gasteiger charge is -2.13. The van der Waals surface area contributed by atoms with Crippen LogP contribution in [0.4, 0.5) is 4.79 Å². The van der Waals surface area contributed by atoms with E-state index in [4.69, 9.17) is 10.5 Å². The third-order valence-corrected chi connectivity index (χ3v) is 3.57. The van der Waals surface area contributed by atoms with Crippen LogP contribution in [0.15, 0.2) is 60.7 Å². The summed E-state index contributed by atoms with van der Waals surface area (Å²) in [4.78, 5) is 35.1. The van der Waals surface area contributed by atoms with E-state index in [9.17, 15) is 14.4 Å². The van der Waals surface area contributed by atoms with Crippen molar-refractivity contribution in [1.29, 1.82) is 0 Å². The minimum Gasteiger partial charge on any atom is -0.445 e. The second kappa shape index (κ2) is 10.6. The number of hydrogen-bond acceptors (Lipinski definition) is 5. The van der Waals surface area contributed by atoms with Crippen LogP contribution in [0.5, 0.6) is 0 Å². The number of hydrogen-bond donors (Lipinski definition) is 4. The molecule has 27 heavy (non-hydrogen) atoms. The number of carbonyl (C=O) groups is 3. The molecule has 0 aromatic heterocycles. The van der Waals surface area contributed by atoms with E-state index in [1.165, 1.54) is 0 Å². The van der Waals surface area contributed by atoms with Gasteiger partial charge in [0.1, 0.15) is 13.2 Å². The summed E-state index contributed by atoms with van der Waals surface area (Å²) < 4.78 is 4.97. The van der Waals surface area contributed by atoms with Crippen molar-refractivity contribution < 1.29 is 19.1 Å². The van der Waals surface area contributed by atoms with Crippen LogP contribution in [0.1, 0.15) is 11.1 Å². The van der Waals surface area contributed by atoms with Crippen LogP contribution >= 0.6 is 0 Å². The van der Waals surface area contributed by atoms with Gasteiger partial charge in [-0.3, -0.25) is 20.4 Å². The summed E-state index contributed by atoms with van der Waals surface area (Å²) in [5, 5.41) is 2.29. The minimum atomic E-state index is -0.809. The largest absolute Gasteiger partial charge is 0.445 e. The van der Waals surface area contributed by atoms with Gasteiger partial charge < -0.3 is 15.8 Å². The summed E-state index contributed by atoms with van der Waals surface area (Å²) in [7, 11) is 0. The summed E-state index contributed by atoms with van der Waals surface area (Å²) in [5.74, 6) is -1.13. The van der Waals surface area contributed by atoms with Crippen molar-refractivity contribution in [2.24, 2.45) is 5.73 Å². The molecular formula is C19H22N4O4. The van der Waals surface area contributed by atoms with Crippen molar-refractivity contribution >= 4 is 17.9 Å². The first-order chi connectivity index (χ1) is 13.0. The zero-order valence-electron chi connectivity index (χ0n) is 14.7. The van der Waals surface area contributed by atoms with Gasteiger partial charge in [0.15, 0.2) is 0 Å². The second-order valence-electron chi connectivity index (χ2n) is 5.75. The number of nitrogens with two attached hydrogens (primary N) is 1. The van der Waals surface area contributed by atoms with E-state index in [0.29, 0.717) is 6.42 Å². The number of ether oxygens (including phenoxy) is 1. The molecule has 1 atom stereocenters. The lowest BCUT2D eigenvalue weighted by molar-refractivity contribution is -0.129. The lowest BCUT2D eigenvalue weighted by Crippen LogP contribution is -2.52. The van der Waals surface area contributed by atoms with E-state index in [1.54, 1.807) is 0 Å². The number of nitrogens with one attached hydrogen (secondary N) is 3. The Kier molecular flexibility index (Phi) is 7.80. The summed E-state index contributed by atoms with van der Waals surface area (Å²) in [6.07, 6.45) is -0.395. The number of amides is 3. The molecule has 0 unspecified atom stereocenters. The Morgan fingerprint density at radius 3 is 2.11 bits per heavy atom. The monoisotopic (exact) mass is 370 g/mol. The summed E-state index contributed by atoms with van der Waals surface area (Å²) >= 11 is 0. The first-order valence-corrected chi connectivity index (χ1v) is 8.37. The zero-order chi connectivity index (χ0) is 19.5. The van der Waals surface area contributed by atoms with Crippen molar-refractivity contribution in [3.63, 3.8) is 0 Å². The predicted molar refractivity (Wildman–Crippen MR) is 99.0 cm³/mol. The van der Waals surface area contributed by atoms with Gasteiger partial charge in [0.2, 0.25) is 0 Å². The molecule has 0 aliphatic rings. The Balaban J connectivity index is 1.62. The Bertz CT molecular complexity index is 753. The summed E-state index contributed by atoms with van der Waals surface area (Å²) in [5.41, 5.74) is 12.0. The van der Waals surface area contributed by atoms with Gasteiger partial charge in [-0.2, -0.15) is 0 Å². The molecule has 2 aromatic rings. The molecule has 0 fully saturated rings. The predicted octanol–water partition coefficient (Wildman–Crippen LogP) is 0.630. The number of carbonyl (C=O) groups excluding carboxylic acids is 3. The smallest absolute Gasteiger partial charge is 0.407 e. The molecule has 8 heteroatoms. The van der Waals surface area contributed by atoms with Crippen LogP contribution in [0.3, 0.4) is 0 Å². The maximum Gasteiger partial charge on any atom is 0.407 e. The van der Waals surface area contributed by atoms with E-state index in [2.05, 4.69) is 16.2 Å². The highest BCUT2D eigenvalue weighted by Gasteiger charge is 2.15. The van der Waals surface area contributed by atoms with Crippen LogP contribution in [0.2, 0.25) is 0 Å². The van der Waals surface area contributed by atoms with Crippen LogP contribution in [0.25, 0.3) is 0 Å². The Morgan fingerprint density at radius 2 is 1.48 bits per heavy atom. The molecule has 0 radical (unpaired) electrons. The van der Waals surface area contributed by atoms with Crippen molar-refractivity contribution in [2.75, 3.05) is 6.54 Å². The first kappa shape index (κ1) is 19.9. The van der Waals surface area contributed by atoms with Gasteiger partial charge in [0.25, 0.3) is 11.8 Å². The molecule has 5 N–H and O–H groups in total. The highest BCUT2D eigenvalue weighted by atomic mass is 16.5. The van der Waals surface area contributed by atoms with E-state index in [0.717, 1.165) is 11.1 Å². The fraction of sp³-hybridized carbons (Fsp3) is 0.211. The van der Waals surface area contributed by atoms with Gasteiger partial charge in [-0.05, 0) is 17.5 Å². The Hall–Kier alpha value is -3.39. The van der Waals surface area contributed by atoms with E-state index in [1.807, 2.05) is 60.7 Å². The molecule has 142 valence electrons. The van der Waals surface area contributed by atoms with Gasteiger partial charge >= 0.3 is 6.09 Å². The molecule has 0 spiro atoms. The highest BCUT2D eigenvalue weighted by molar-refractivity contribution is 5.87. The number of rotatable bonds is 7. The molecule has 2 aromatic carbocycles. The van der Waals surface area contributed by atoms with Gasteiger partial charge in [-0.25, -0.2) is 4.79 Å². The van der Waals surface area contributed by atoms with Crippen molar-refractivity contribution in [3.05, 3.63) is 71.8 Å². The van der Waals surface area contributed by atoms with E-state index in [-0.39, 0.29) is 13.2 Å². The average molecular weight is 370 g/mol. The summed E-state index contributed by atoms with van der Waals surface area (Å²) in [6.45, 7) is -0.249. The normalized spacial score (nSPS) is 11.1. The molecular weight excluding hydrogens is 348 g/mol. The van der Waals surface area contributed by atoms with Gasteiger partial charge in [-0.1, -0.05) is 60.7 Å². The zero-order valence-corrected chi connectivity index (χ0v) is 14.7. The van der Waals surface area contributed by atoms with E-state index < -0.39 is 23.9 Å². The number of benzene rings is 2. The molecule has 0 aliphatic carbocycles. The maximum absolute atomic E-state index is 11.9. The molecule has 8 nitrogen and oxygen atoms in total. The molecule has 0 saturated heterocycles. The molecule has 2 rings (SSSR count). The SMILES string of the molecule is N[C@@H](Cc1ccccc1)C(=O)NNC(=O)CNC(=O)OCc1ccccc1. The third-order valence-electron chi connectivity index (χ3n) is 3.57. The average Bonchev–Trinajstić information content (AvgIpc) is 2.70. The van der Waals surface area contributed by atoms with Gasteiger partial charge in [-0.15, -0.1) is 0 Å². The first-order valence-electron chi connectivity index (χ1n) is 8.37. The van der Waals surface area contributed by atoms with Crippen LogP contribution in [-0.4, -0.2) is 30.5 Å². The fourth-order valence-electron chi connectivity index (χ4n) is 2.16. The highest BCUT2D eigenvalue weighted by Crippen LogP contribution is 2.02. The Labute approximate surface area is 157 Å². The third kappa shape index (κ3) is 7.57. The van der Waals surface area contributed by atoms with Crippen LogP contribution in [0, 0.1) is 0 Å². The van der Waals surface area contributed by atoms with Gasteiger partial charge in [0.05, 0.1) is 6.04 Å². The molecule has 3 amide bonds. The van der Waals surface area contributed by atoms with Crippen molar-refractivity contribution in [3.8, 4) is 0 Å². The second-order valence-corrected chi connectivity index (χ2v) is 5.75.